The summed E-state index contributed by atoms with van der Waals surface area (Å²) < 4.78 is 40.4. The Labute approximate surface area is 876 Å². The van der Waals surface area contributed by atoms with Crippen molar-refractivity contribution in [2.24, 2.45) is 27.1 Å². The summed E-state index contributed by atoms with van der Waals surface area (Å²) in [5.41, 5.74) is -0.409. The van der Waals surface area contributed by atoms with Gasteiger partial charge in [-0.15, -0.1) is 0 Å². The van der Waals surface area contributed by atoms with E-state index in [0.717, 1.165) is 219 Å². The maximum Gasteiger partial charge on any atom is 0.415 e. The summed E-state index contributed by atoms with van der Waals surface area (Å²) in [6, 6.07) is 15.4. The minimum absolute atomic E-state index is 0. The molecule has 2 aromatic carbocycles. The van der Waals surface area contributed by atoms with Crippen molar-refractivity contribution in [3.63, 3.8) is 0 Å². The van der Waals surface area contributed by atoms with Gasteiger partial charge in [-0.3, -0.25) is 49.0 Å². The van der Waals surface area contributed by atoms with Gasteiger partial charge < -0.3 is 92.7 Å². The number of nitrogens with zero attached hydrogens (tertiary/aromatic N) is 15. The highest BCUT2D eigenvalue weighted by Gasteiger charge is 2.57. The highest BCUT2D eigenvalue weighted by molar-refractivity contribution is 6.61. The van der Waals surface area contributed by atoms with E-state index in [2.05, 4.69) is 48.4 Å². The van der Waals surface area contributed by atoms with Gasteiger partial charge in [0.25, 0.3) is 11.4 Å². The summed E-state index contributed by atoms with van der Waals surface area (Å²) >= 11 is 4.92. The lowest BCUT2D eigenvalue weighted by molar-refractivity contribution is -0.385. The van der Waals surface area contributed by atoms with Gasteiger partial charge in [-0.1, -0.05) is 20.3 Å². The molecule has 5 spiro atoms. The third-order valence-electron chi connectivity index (χ3n) is 33.7. The topological polar surface area (TPSA) is 374 Å². The molecule has 0 radical (unpaired) electrons. The molecule has 36 nitrogen and oxygen atoms in total. The Balaban J connectivity index is 0.000000181. The van der Waals surface area contributed by atoms with Crippen LogP contribution in [0.1, 0.15) is 308 Å². The molecule has 0 atom stereocenters. The van der Waals surface area contributed by atoms with Crippen molar-refractivity contribution in [3.8, 4) is 11.5 Å². The number of nitro groups is 2. The van der Waals surface area contributed by atoms with E-state index in [-0.39, 0.29) is 88.6 Å². The normalized spacial score (nSPS) is 23.1. The summed E-state index contributed by atoms with van der Waals surface area (Å²) in [5.74, 6) is 1.82. The van der Waals surface area contributed by atoms with Crippen LogP contribution in [0.15, 0.2) is 48.5 Å². The average Bonchev–Trinajstić information content (AvgIpc) is 1.59. The van der Waals surface area contributed by atoms with Crippen molar-refractivity contribution in [1.82, 2.24) is 69.0 Å². The van der Waals surface area contributed by atoms with Gasteiger partial charge >= 0.3 is 29.8 Å². The van der Waals surface area contributed by atoms with Gasteiger partial charge in [-0.25, -0.2) is 24.0 Å². The van der Waals surface area contributed by atoms with Crippen LogP contribution in [0.5, 0.6) is 11.5 Å². The summed E-state index contributed by atoms with van der Waals surface area (Å²) in [6.45, 7) is 50.1. The van der Waals surface area contributed by atoms with E-state index >= 15 is 0 Å². The number of hydrogen-bond donors (Lipinski definition) is 1. The number of Topliss-reactive ketones (excluding diaryl/α,β-unsaturated/α-hetero) is 1. The Morgan fingerprint density at radius 1 is 0.390 bits per heavy atom. The number of halogens is 1. The number of nitrogens with one attached hydrogen (secondary N) is 1. The molecule has 9 amide bonds. The molecule has 0 bridgehead atoms. The van der Waals surface area contributed by atoms with Crippen LogP contribution in [-0.4, -0.2) is 361 Å². The number of carbonyl (C=O) groups excluding carboxylic acids is 11. The first-order chi connectivity index (χ1) is 69.3. The monoisotopic (exact) mass is 2070 g/mol. The fourth-order valence-electron chi connectivity index (χ4n) is 26.2. The smallest absolute Gasteiger partial charge is 0.415 e. The Morgan fingerprint density at radius 2 is 0.651 bits per heavy atom. The number of nitro benzene ring substituents is 2. The number of likely N-dealkylation sites (tertiary alicyclic amines) is 8. The number of carbonyl (C=O) groups is 11. The second kappa shape index (κ2) is 53.1. The number of piperidine rings is 5. The van der Waals surface area contributed by atoms with Crippen LogP contribution in [-0.2, 0) is 43.0 Å². The molecule has 9 saturated heterocycles. The van der Waals surface area contributed by atoms with Crippen molar-refractivity contribution in [2.75, 3.05) is 157 Å². The van der Waals surface area contributed by atoms with E-state index in [4.69, 9.17) is 33.3 Å². The number of hydrogen-bond acceptors (Lipinski definition) is 25. The zero-order valence-electron chi connectivity index (χ0n) is 92.1. The molecular weight excluding hydrogens is 1890 g/mol. The second-order valence-electron chi connectivity index (χ2n) is 45.9. The molecule has 6 aliphatic carbocycles. The number of amides is 9. The number of benzene rings is 2. The van der Waals surface area contributed by atoms with Gasteiger partial charge in [0.2, 0.25) is 29.5 Å². The number of ketones is 1. The van der Waals surface area contributed by atoms with E-state index in [1.54, 1.807) is 49.3 Å². The van der Waals surface area contributed by atoms with Gasteiger partial charge in [0.05, 0.1) is 19.1 Å². The molecule has 0 unspecified atom stereocenters. The van der Waals surface area contributed by atoms with Crippen molar-refractivity contribution < 1.29 is 89.0 Å². The zero-order chi connectivity index (χ0) is 107. The molecule has 6 saturated carbocycles. The van der Waals surface area contributed by atoms with Crippen LogP contribution in [0, 0.1) is 47.3 Å². The lowest BCUT2D eigenvalue weighted by atomic mass is 9.63. The first-order valence-corrected chi connectivity index (χ1v) is 54.5. The van der Waals surface area contributed by atoms with Crippen LogP contribution in [0.2, 0.25) is 0 Å². The van der Waals surface area contributed by atoms with E-state index in [0.29, 0.717) is 111 Å². The van der Waals surface area contributed by atoms with E-state index in [1.165, 1.54) is 133 Å². The SMILES string of the molecule is C.CC(C)(C)OC(=O)N1CCC2(CC(=O)C2)C1.CCN(C(C)=O)C1CCN(C2CC3(CCCC3)C2)CC1.CCN(C(C)=O)C1CCN(C2CC3(CCN(C(=O)OC(C)(C)C)C3)C2)CC1.CCN(C(C)=O)C1CCN(C2CC3(CCN(C(=O)Oc4ccc([N+](=O)[O-])cc4)C3)C2)CC1.CCN(C(C)=O)C1CCNCC1.O=C(Cl)Oc1ccc([N+](=O)[O-])cc1.[2H]C([2H])(C)OC(=O)N1CCC2(CC(N3CCC(N(CC)C(C)=O)CC3)C2)C1. The number of ether oxygens (including phenoxy) is 5. The third kappa shape index (κ3) is 32.5. The van der Waals surface area contributed by atoms with E-state index < -0.39 is 39.1 Å². The molecule has 37 heteroatoms. The summed E-state index contributed by atoms with van der Waals surface area (Å²) in [7, 11) is 0. The molecule has 820 valence electrons. The van der Waals surface area contributed by atoms with Gasteiger partial charge in [0, 0.05) is 281 Å². The zero-order valence-corrected chi connectivity index (χ0v) is 90.9. The average molecular weight is 2070 g/mol. The van der Waals surface area contributed by atoms with Crippen LogP contribution < -0.4 is 14.8 Å². The molecule has 17 rings (SSSR count). The molecule has 9 aliphatic heterocycles. The van der Waals surface area contributed by atoms with Crippen molar-refractivity contribution in [2.45, 2.75) is 370 Å². The second-order valence-corrected chi connectivity index (χ2v) is 46.2. The molecule has 1 N–H and O–H groups in total. The predicted molar refractivity (Wildman–Crippen MR) is 562 cm³/mol. The summed E-state index contributed by atoms with van der Waals surface area (Å²) in [5, 5.41) is 24.3. The molecule has 15 fully saturated rings. The van der Waals surface area contributed by atoms with Crippen LogP contribution >= 0.6 is 11.6 Å². The minimum atomic E-state index is -1.93. The molecule has 0 aromatic heterocycles. The molecule has 146 heavy (non-hydrogen) atoms. The molecule has 2 aromatic rings. The minimum Gasteiger partial charge on any atom is -0.450 e. The number of rotatable bonds is 19. The highest BCUT2D eigenvalue weighted by atomic mass is 35.5. The van der Waals surface area contributed by atoms with Gasteiger partial charge in [-0.2, -0.15) is 0 Å². The standard InChI is InChI=1S/C23H32N4O5.C21H37N3O3.C19H33N3O3.C17H30N2O.C12H19NO3.C9H18N2O.C7H4ClNO4.CH4/c1-3-26(17(2)28)18-8-11-24(12-9-18)20-14-23(15-20)10-13-25(16-23)22(29)32-21-6-4-19(5-7-21)27(30)31;1-6-24(16(2)25)17-7-10-22(11-8-17)18-13-21(14-18)9-12-23(15-21)19(26)27-20(3,4)5;1-4-22(15(3)23)16-6-9-20(10-7-16)17-12-19(13-17)8-11-21(14-19)18(24)25-5-2;1-3-19(14(2)20)15-6-10-18(11-7-15)16-12-17(13-16)8-4-5-9-17;1-11(2,3)16-10(15)13-5-4-12(8-13)6-9(14)7-12;1-3-11(8(2)12)9-4-6-10-7-5-9;8-7(10)13-6-3-1-5(2-4-6)9(11)12;/h4-7,18,20H,3,8-16H2,1-2H3;17-18H,6-15H2,1-5H3;16-17H,4-14H2,1-3H3;15-16H,3-13H2,1-2H3;4-8H2,1-3H3;9-10H,3-7H2,1-2H3;1-4H;1H4/i;;5D2;;;;;. The van der Waals surface area contributed by atoms with Crippen LogP contribution in [0.4, 0.5) is 35.3 Å². The Kier molecular flexibility index (Phi) is 42.0. The lowest BCUT2D eigenvalue weighted by Crippen LogP contribution is -2.56. The summed E-state index contributed by atoms with van der Waals surface area (Å²) in [6.07, 6.45) is 30.5. The van der Waals surface area contributed by atoms with Gasteiger partial charge in [0.15, 0.2) is 0 Å². The Morgan fingerprint density at radius 3 is 0.911 bits per heavy atom. The van der Waals surface area contributed by atoms with Crippen molar-refractivity contribution in [1.29, 1.82) is 0 Å². The van der Waals surface area contributed by atoms with Crippen molar-refractivity contribution >= 4 is 88.1 Å². The van der Waals surface area contributed by atoms with Crippen LogP contribution in [0.25, 0.3) is 0 Å². The first-order valence-electron chi connectivity index (χ1n) is 55.1. The van der Waals surface area contributed by atoms with Gasteiger partial charge in [-0.05, 0) is 296 Å². The first kappa shape index (κ1) is 116. The Hall–Kier alpha value is -9.10. The molecular formula is C109H177ClN16O20. The molecule has 15 aliphatic rings. The fourth-order valence-corrected chi connectivity index (χ4v) is 26.2. The number of non-ortho nitro benzene ring substituents is 2. The lowest BCUT2D eigenvalue weighted by Gasteiger charge is -2.52. The maximum atomic E-state index is 12.6. The van der Waals surface area contributed by atoms with Gasteiger partial charge in [0.1, 0.15) is 28.5 Å². The third-order valence-corrected chi connectivity index (χ3v) is 33.8. The highest BCUT2D eigenvalue weighted by Crippen LogP contribution is 2.57. The predicted octanol–water partition coefficient (Wildman–Crippen LogP) is 17.3. The molecule has 9 heterocycles. The Bertz CT molecular complexity index is 4630. The van der Waals surface area contributed by atoms with E-state index in [1.807, 2.05) is 86.8 Å². The summed E-state index contributed by atoms with van der Waals surface area (Å²) in [4.78, 5) is 176. The maximum absolute atomic E-state index is 12.6. The fraction of sp³-hybridized carbons (Fsp3) is 0.789. The van der Waals surface area contributed by atoms with Crippen molar-refractivity contribution in [3.05, 3.63) is 68.8 Å². The van der Waals surface area contributed by atoms with Crippen LogP contribution in [0.3, 0.4) is 0 Å². The van der Waals surface area contributed by atoms with E-state index in [9.17, 15) is 73.0 Å². The quantitative estimate of drug-likeness (QED) is 0.0591. The largest absolute Gasteiger partial charge is 0.450 e.